The Morgan fingerprint density at radius 3 is 2.38 bits per heavy atom. The van der Waals surface area contributed by atoms with Crippen LogP contribution in [0.3, 0.4) is 0 Å². The van der Waals surface area contributed by atoms with Crippen LogP contribution in [0.15, 0.2) is 67.0 Å². The van der Waals surface area contributed by atoms with E-state index in [1.54, 1.807) is 28.8 Å². The van der Waals surface area contributed by atoms with Gasteiger partial charge in [-0.1, -0.05) is 11.6 Å². The molecule has 0 spiro atoms. The number of nitrogens with zero attached hydrogens (tertiary/aromatic N) is 2. The van der Waals surface area contributed by atoms with Crippen LogP contribution in [0.25, 0.3) is 27.9 Å². The van der Waals surface area contributed by atoms with Crippen LogP contribution in [0, 0.1) is 5.82 Å². The summed E-state index contributed by atoms with van der Waals surface area (Å²) in [5.41, 5.74) is -0.417. The van der Waals surface area contributed by atoms with E-state index in [9.17, 15) is 14.0 Å². The largest absolute Gasteiger partial charge is 0.486 e. The van der Waals surface area contributed by atoms with Gasteiger partial charge in [0.1, 0.15) is 12.4 Å². The zero-order chi connectivity index (χ0) is 23.7. The van der Waals surface area contributed by atoms with Gasteiger partial charge in [-0.3, -0.25) is 9.47 Å². The van der Waals surface area contributed by atoms with Crippen LogP contribution in [-0.2, 0) is 4.74 Å². The number of hydrogen-bond acceptors (Lipinski definition) is 7. The Bertz CT molecular complexity index is 1490. The van der Waals surface area contributed by atoms with Crippen LogP contribution in [0.2, 0.25) is 5.02 Å². The Kier molecular flexibility index (Phi) is 6.23. The van der Waals surface area contributed by atoms with Crippen LogP contribution in [0.4, 0.5) is 4.39 Å². The van der Waals surface area contributed by atoms with Crippen molar-refractivity contribution in [1.82, 2.24) is 9.47 Å². The fourth-order valence-corrected chi connectivity index (χ4v) is 4.14. The van der Waals surface area contributed by atoms with Crippen LogP contribution < -0.4 is 16.0 Å². The number of ether oxygens (including phenoxy) is 2. The SMILES string of the molecule is O=c1ccc(=O)oc2c(OCCN3CCOCC3)c3c(o1)c(Cl)ccc3n2-c1ccc(F)cc1. The zero-order valence-electron chi connectivity index (χ0n) is 18.0. The van der Waals surface area contributed by atoms with Gasteiger partial charge in [-0.2, -0.15) is 0 Å². The maximum absolute atomic E-state index is 13.6. The van der Waals surface area contributed by atoms with Crippen molar-refractivity contribution in [2.75, 3.05) is 39.5 Å². The minimum absolute atomic E-state index is 0.0692. The summed E-state index contributed by atoms with van der Waals surface area (Å²) in [7, 11) is 0. The molecule has 0 amide bonds. The lowest BCUT2D eigenvalue weighted by Gasteiger charge is -2.26. The van der Waals surface area contributed by atoms with Crippen LogP contribution in [0.5, 0.6) is 5.75 Å². The molecule has 34 heavy (non-hydrogen) atoms. The third kappa shape index (κ3) is 4.37. The molecule has 2 aromatic heterocycles. The molecule has 2 bridgehead atoms. The topological polar surface area (TPSA) is 87.1 Å². The van der Waals surface area contributed by atoms with E-state index < -0.39 is 17.1 Å². The molecule has 0 radical (unpaired) electrons. The van der Waals surface area contributed by atoms with E-state index in [1.165, 1.54) is 12.1 Å². The van der Waals surface area contributed by atoms with Crippen LogP contribution in [0.1, 0.15) is 0 Å². The second kappa shape index (κ2) is 9.46. The van der Waals surface area contributed by atoms with Gasteiger partial charge in [0.05, 0.1) is 29.1 Å². The number of aromatic nitrogens is 1. The third-order valence-corrected chi connectivity index (χ3v) is 5.85. The number of morpholine rings is 1. The minimum Gasteiger partial charge on any atom is -0.486 e. The van der Waals surface area contributed by atoms with Gasteiger partial charge in [-0.25, -0.2) is 14.0 Å². The van der Waals surface area contributed by atoms with Crippen LogP contribution >= 0.6 is 11.6 Å². The molecular formula is C24H20ClFN2O6. The van der Waals surface area contributed by atoms with Crippen molar-refractivity contribution in [1.29, 1.82) is 0 Å². The van der Waals surface area contributed by atoms with Crippen molar-refractivity contribution in [3.8, 4) is 11.4 Å². The van der Waals surface area contributed by atoms with E-state index in [4.69, 9.17) is 29.9 Å². The molecule has 0 atom stereocenters. The first-order valence-electron chi connectivity index (χ1n) is 10.7. The summed E-state index contributed by atoms with van der Waals surface area (Å²) in [4.78, 5) is 27.0. The molecule has 0 saturated carbocycles. The van der Waals surface area contributed by atoms with Crippen molar-refractivity contribution in [2.45, 2.75) is 0 Å². The third-order valence-electron chi connectivity index (χ3n) is 5.55. The summed E-state index contributed by atoms with van der Waals surface area (Å²) in [6, 6.07) is 10.8. The number of rotatable bonds is 5. The average molecular weight is 487 g/mol. The number of halogens is 2. The Balaban J connectivity index is 1.77. The van der Waals surface area contributed by atoms with Crippen molar-refractivity contribution in [3.63, 3.8) is 0 Å². The van der Waals surface area contributed by atoms with Crippen LogP contribution in [-0.4, -0.2) is 48.9 Å². The normalized spacial score (nSPS) is 14.5. The van der Waals surface area contributed by atoms with E-state index in [-0.39, 0.29) is 28.7 Å². The monoisotopic (exact) mass is 486 g/mol. The van der Waals surface area contributed by atoms with Gasteiger partial charge in [-0.05, 0) is 36.4 Å². The van der Waals surface area contributed by atoms with E-state index in [1.807, 2.05) is 0 Å². The highest BCUT2D eigenvalue weighted by atomic mass is 35.5. The standard InChI is InChI=1S/C24H20ClFN2O6/c25-17-5-6-18-21-22(17)33-19(29)7-8-20(30)34-24(28(18)16-3-1-15(26)2-4-16)23(21)32-14-11-27-9-12-31-13-10-27/h1-8H,9-14H2. The summed E-state index contributed by atoms with van der Waals surface area (Å²) >= 11 is 6.40. The molecule has 3 heterocycles. The second-order valence-corrected chi connectivity index (χ2v) is 8.10. The zero-order valence-corrected chi connectivity index (χ0v) is 18.7. The van der Waals surface area contributed by atoms with Crippen molar-refractivity contribution >= 4 is 33.8 Å². The van der Waals surface area contributed by atoms with E-state index >= 15 is 0 Å². The molecule has 0 aliphatic carbocycles. The van der Waals surface area contributed by atoms with E-state index in [0.717, 1.165) is 25.2 Å². The molecule has 2 aromatic carbocycles. The molecule has 0 unspecified atom stereocenters. The molecule has 10 heteroatoms. The molecule has 1 aliphatic rings. The van der Waals surface area contributed by atoms with E-state index in [2.05, 4.69) is 4.90 Å². The molecule has 4 aromatic rings. The van der Waals surface area contributed by atoms with Gasteiger partial charge < -0.3 is 18.3 Å². The number of hydrogen-bond donors (Lipinski definition) is 0. The summed E-state index contributed by atoms with van der Waals surface area (Å²) in [5, 5.41) is 0.548. The first-order valence-corrected chi connectivity index (χ1v) is 11.1. The molecule has 0 N–H and O–H groups in total. The Morgan fingerprint density at radius 1 is 0.941 bits per heavy atom. The maximum Gasteiger partial charge on any atom is 0.337 e. The lowest BCUT2D eigenvalue weighted by atomic mass is 10.2. The highest BCUT2D eigenvalue weighted by Crippen LogP contribution is 2.41. The van der Waals surface area contributed by atoms with Gasteiger partial charge in [0.25, 0.3) is 5.71 Å². The van der Waals surface area contributed by atoms with E-state index in [0.29, 0.717) is 36.3 Å². The molecule has 1 saturated heterocycles. The minimum atomic E-state index is -0.796. The predicted molar refractivity (Wildman–Crippen MR) is 124 cm³/mol. The highest BCUT2D eigenvalue weighted by molar-refractivity contribution is 6.36. The Hall–Kier alpha value is -3.40. The number of benzene rings is 2. The van der Waals surface area contributed by atoms with Gasteiger partial charge in [0.15, 0.2) is 11.3 Å². The lowest BCUT2D eigenvalue weighted by Crippen LogP contribution is -2.38. The number of fused-ring (bicyclic) bond motifs is 1. The smallest absolute Gasteiger partial charge is 0.337 e. The molecule has 1 fully saturated rings. The second-order valence-electron chi connectivity index (χ2n) is 7.69. The van der Waals surface area contributed by atoms with Gasteiger partial charge >= 0.3 is 11.3 Å². The summed E-state index contributed by atoms with van der Waals surface area (Å²) in [6.45, 7) is 3.73. The fraction of sp³-hybridized carbons (Fsp3) is 0.250. The molecule has 5 rings (SSSR count). The summed E-state index contributed by atoms with van der Waals surface area (Å²) in [5.74, 6) is -0.221. The first kappa shape index (κ1) is 22.4. The average Bonchev–Trinajstić information content (AvgIpc) is 3.13. The summed E-state index contributed by atoms with van der Waals surface area (Å²) < 4.78 is 37.9. The molecular weight excluding hydrogens is 467 g/mol. The van der Waals surface area contributed by atoms with Crippen molar-refractivity contribution < 1.29 is 22.7 Å². The highest BCUT2D eigenvalue weighted by Gasteiger charge is 2.23. The lowest BCUT2D eigenvalue weighted by molar-refractivity contribution is 0.0323. The van der Waals surface area contributed by atoms with Crippen molar-refractivity contribution in [3.05, 3.63) is 80.2 Å². The first-order chi connectivity index (χ1) is 16.5. The predicted octanol–water partition coefficient (Wildman–Crippen LogP) is 3.76. The Morgan fingerprint density at radius 2 is 1.65 bits per heavy atom. The van der Waals surface area contributed by atoms with Gasteiger partial charge in [-0.15, -0.1) is 0 Å². The molecule has 8 nitrogen and oxygen atoms in total. The van der Waals surface area contributed by atoms with Gasteiger partial charge in [0, 0.05) is 37.5 Å². The maximum atomic E-state index is 13.6. The quantitative estimate of drug-likeness (QED) is 0.424. The molecule has 1 aliphatic heterocycles. The fourth-order valence-electron chi connectivity index (χ4n) is 3.94. The van der Waals surface area contributed by atoms with Gasteiger partial charge in [0.2, 0.25) is 0 Å². The summed E-state index contributed by atoms with van der Waals surface area (Å²) in [6.07, 6.45) is 0. The molecule has 176 valence electrons. The Labute approximate surface area is 197 Å². The van der Waals surface area contributed by atoms with Crippen molar-refractivity contribution in [2.24, 2.45) is 0 Å².